The van der Waals surface area contributed by atoms with E-state index in [4.69, 9.17) is 5.73 Å². The number of rotatable bonds is 3. The molecule has 19 heavy (non-hydrogen) atoms. The zero-order chi connectivity index (χ0) is 14.2. The van der Waals surface area contributed by atoms with E-state index in [1.807, 2.05) is 20.8 Å². The Morgan fingerprint density at radius 2 is 2.21 bits per heavy atom. The van der Waals surface area contributed by atoms with Crippen molar-refractivity contribution in [2.75, 3.05) is 12.3 Å². The van der Waals surface area contributed by atoms with Gasteiger partial charge in [0.05, 0.1) is 11.3 Å². The second kappa shape index (κ2) is 4.87. The number of nitrogens with zero attached hydrogens (tertiary/aromatic N) is 3. The summed E-state index contributed by atoms with van der Waals surface area (Å²) in [5.41, 5.74) is 7.79. The second-order valence-corrected chi connectivity index (χ2v) is 5.11. The van der Waals surface area contributed by atoms with Crippen LogP contribution in [0.3, 0.4) is 0 Å². The molecule has 0 saturated heterocycles. The summed E-state index contributed by atoms with van der Waals surface area (Å²) in [5, 5.41) is 7.97. The van der Waals surface area contributed by atoms with Gasteiger partial charge in [-0.25, -0.2) is 4.98 Å². The van der Waals surface area contributed by atoms with Crippen molar-refractivity contribution in [3.63, 3.8) is 0 Å². The Hall–Kier alpha value is -2.11. The summed E-state index contributed by atoms with van der Waals surface area (Å²) >= 11 is 0. The van der Waals surface area contributed by atoms with Gasteiger partial charge < -0.3 is 11.1 Å². The molecule has 0 aliphatic carbocycles. The Balaban J connectivity index is 2.41. The maximum atomic E-state index is 12.1. The molecule has 102 valence electrons. The van der Waals surface area contributed by atoms with Crippen molar-refractivity contribution in [1.29, 1.82) is 0 Å². The van der Waals surface area contributed by atoms with Crippen LogP contribution in [0, 0.1) is 12.8 Å². The lowest BCUT2D eigenvalue weighted by Crippen LogP contribution is -2.28. The van der Waals surface area contributed by atoms with Gasteiger partial charge in [0.2, 0.25) is 0 Å². The predicted octanol–water partition coefficient (Wildman–Crippen LogP) is 1.24. The molecule has 0 radical (unpaired) electrons. The van der Waals surface area contributed by atoms with Crippen LogP contribution in [0.1, 0.15) is 29.9 Å². The molecule has 0 aromatic carbocycles. The van der Waals surface area contributed by atoms with Crippen LogP contribution in [0.5, 0.6) is 0 Å². The maximum absolute atomic E-state index is 12.1. The van der Waals surface area contributed by atoms with E-state index < -0.39 is 0 Å². The Kier molecular flexibility index (Phi) is 3.42. The molecular formula is C13H19N5O. The van der Waals surface area contributed by atoms with E-state index in [2.05, 4.69) is 15.4 Å². The van der Waals surface area contributed by atoms with Crippen LogP contribution in [0.2, 0.25) is 0 Å². The van der Waals surface area contributed by atoms with Gasteiger partial charge in [0, 0.05) is 19.0 Å². The minimum absolute atomic E-state index is 0.191. The number of nitrogens with two attached hydrogens (primary N) is 1. The smallest absolute Gasteiger partial charge is 0.255 e. The summed E-state index contributed by atoms with van der Waals surface area (Å²) in [5.74, 6) is 0.433. The van der Waals surface area contributed by atoms with E-state index >= 15 is 0 Å². The Morgan fingerprint density at radius 1 is 1.53 bits per heavy atom. The van der Waals surface area contributed by atoms with Crippen molar-refractivity contribution in [3.8, 4) is 0 Å². The first-order valence-electron chi connectivity index (χ1n) is 6.28. The molecule has 0 bridgehead atoms. The van der Waals surface area contributed by atoms with Crippen molar-refractivity contribution in [1.82, 2.24) is 20.1 Å². The zero-order valence-electron chi connectivity index (χ0n) is 11.7. The van der Waals surface area contributed by atoms with Gasteiger partial charge in [0.15, 0.2) is 5.65 Å². The molecule has 6 nitrogen and oxygen atoms in total. The highest BCUT2D eigenvalue weighted by Gasteiger charge is 2.15. The molecule has 2 heterocycles. The molecule has 0 spiro atoms. The van der Waals surface area contributed by atoms with E-state index in [1.165, 1.54) is 0 Å². The van der Waals surface area contributed by atoms with Crippen LogP contribution in [0.4, 0.5) is 5.82 Å². The van der Waals surface area contributed by atoms with E-state index in [0.717, 1.165) is 11.1 Å². The molecule has 3 N–H and O–H groups in total. The highest BCUT2D eigenvalue weighted by atomic mass is 16.1. The standard InChI is InChI=1S/C13H19N5O/c1-7(2)6-15-13(19)10-5-9-8(3)17-18(4)12(9)16-11(10)14/h5,7H,6H2,1-4H3,(H2,14,16)(H,15,19). The molecule has 0 aliphatic rings. The molecule has 6 heteroatoms. The van der Waals surface area contributed by atoms with Crippen LogP contribution >= 0.6 is 0 Å². The third kappa shape index (κ3) is 2.52. The first-order chi connectivity index (χ1) is 8.90. The van der Waals surface area contributed by atoms with Crippen molar-refractivity contribution in [3.05, 3.63) is 17.3 Å². The number of carbonyl (C=O) groups excluding carboxylic acids is 1. The molecule has 2 aromatic heterocycles. The number of carbonyl (C=O) groups is 1. The monoisotopic (exact) mass is 261 g/mol. The van der Waals surface area contributed by atoms with Crippen LogP contribution in [-0.4, -0.2) is 27.2 Å². The van der Waals surface area contributed by atoms with Gasteiger partial charge in [-0.15, -0.1) is 0 Å². The second-order valence-electron chi connectivity index (χ2n) is 5.11. The molecular weight excluding hydrogens is 242 g/mol. The normalized spacial score (nSPS) is 11.2. The Labute approximate surface area is 112 Å². The number of hydrogen-bond acceptors (Lipinski definition) is 4. The first kappa shape index (κ1) is 13.3. The van der Waals surface area contributed by atoms with E-state index in [0.29, 0.717) is 23.7 Å². The van der Waals surface area contributed by atoms with Gasteiger partial charge in [-0.3, -0.25) is 9.48 Å². The molecule has 1 amide bonds. The third-order valence-corrected chi connectivity index (χ3v) is 2.94. The minimum Gasteiger partial charge on any atom is -0.383 e. The molecule has 0 aliphatic heterocycles. The van der Waals surface area contributed by atoms with Gasteiger partial charge in [0.1, 0.15) is 5.82 Å². The fraction of sp³-hybridized carbons (Fsp3) is 0.462. The minimum atomic E-state index is -0.191. The summed E-state index contributed by atoms with van der Waals surface area (Å²) < 4.78 is 1.66. The topological polar surface area (TPSA) is 85.8 Å². The molecule has 2 aromatic rings. The average molecular weight is 261 g/mol. The first-order valence-corrected chi connectivity index (χ1v) is 6.28. The fourth-order valence-electron chi connectivity index (χ4n) is 1.93. The third-order valence-electron chi connectivity index (χ3n) is 2.94. The van der Waals surface area contributed by atoms with Crippen molar-refractivity contribution in [2.45, 2.75) is 20.8 Å². The van der Waals surface area contributed by atoms with E-state index in [1.54, 1.807) is 17.8 Å². The Morgan fingerprint density at radius 3 is 2.84 bits per heavy atom. The Bertz CT molecular complexity index is 629. The van der Waals surface area contributed by atoms with Crippen LogP contribution in [-0.2, 0) is 7.05 Å². The molecule has 2 rings (SSSR count). The largest absolute Gasteiger partial charge is 0.383 e. The number of aryl methyl sites for hydroxylation is 2. The summed E-state index contributed by atoms with van der Waals surface area (Å²) in [4.78, 5) is 16.3. The quantitative estimate of drug-likeness (QED) is 0.870. The zero-order valence-corrected chi connectivity index (χ0v) is 11.7. The number of aromatic nitrogens is 3. The van der Waals surface area contributed by atoms with Crippen LogP contribution in [0.15, 0.2) is 6.07 Å². The van der Waals surface area contributed by atoms with Crippen molar-refractivity contribution < 1.29 is 4.79 Å². The van der Waals surface area contributed by atoms with Gasteiger partial charge in [-0.05, 0) is 18.9 Å². The number of amides is 1. The summed E-state index contributed by atoms with van der Waals surface area (Å²) in [6, 6.07) is 1.76. The number of fused-ring (bicyclic) bond motifs is 1. The van der Waals surface area contributed by atoms with E-state index in [-0.39, 0.29) is 11.7 Å². The average Bonchev–Trinajstić information content (AvgIpc) is 2.60. The maximum Gasteiger partial charge on any atom is 0.255 e. The molecule has 0 fully saturated rings. The number of nitrogens with one attached hydrogen (secondary N) is 1. The lowest BCUT2D eigenvalue weighted by molar-refractivity contribution is 0.0950. The van der Waals surface area contributed by atoms with Gasteiger partial charge in [-0.2, -0.15) is 5.10 Å². The summed E-state index contributed by atoms with van der Waals surface area (Å²) in [6.45, 7) is 6.57. The number of nitrogen functional groups attached to an aromatic ring is 1. The number of anilines is 1. The van der Waals surface area contributed by atoms with Crippen molar-refractivity contribution in [2.24, 2.45) is 13.0 Å². The van der Waals surface area contributed by atoms with Gasteiger partial charge in [0.25, 0.3) is 5.91 Å². The summed E-state index contributed by atoms with van der Waals surface area (Å²) in [7, 11) is 1.81. The van der Waals surface area contributed by atoms with Gasteiger partial charge in [-0.1, -0.05) is 13.8 Å². The van der Waals surface area contributed by atoms with E-state index in [9.17, 15) is 4.79 Å². The highest BCUT2D eigenvalue weighted by Crippen LogP contribution is 2.20. The van der Waals surface area contributed by atoms with Crippen molar-refractivity contribution >= 4 is 22.8 Å². The lowest BCUT2D eigenvalue weighted by atomic mass is 10.1. The van der Waals surface area contributed by atoms with Crippen LogP contribution in [0.25, 0.3) is 11.0 Å². The fourth-order valence-corrected chi connectivity index (χ4v) is 1.93. The number of pyridine rings is 1. The van der Waals surface area contributed by atoms with Crippen LogP contribution < -0.4 is 11.1 Å². The highest BCUT2D eigenvalue weighted by molar-refractivity contribution is 6.01. The summed E-state index contributed by atoms with van der Waals surface area (Å²) in [6.07, 6.45) is 0. The SMILES string of the molecule is Cc1nn(C)c2nc(N)c(C(=O)NCC(C)C)cc12. The lowest BCUT2D eigenvalue weighted by Gasteiger charge is -2.09. The molecule has 0 unspecified atom stereocenters. The number of hydrogen-bond donors (Lipinski definition) is 2. The van der Waals surface area contributed by atoms with Gasteiger partial charge >= 0.3 is 0 Å². The molecule has 0 atom stereocenters. The molecule has 0 saturated carbocycles. The predicted molar refractivity (Wildman–Crippen MR) is 74.8 cm³/mol.